The summed E-state index contributed by atoms with van der Waals surface area (Å²) in [4.78, 5) is 4.06. The van der Waals surface area contributed by atoms with Crippen molar-refractivity contribution < 1.29 is 5.11 Å². The molecule has 4 heteroatoms. The first kappa shape index (κ1) is 15.5. The molecule has 4 nitrogen and oxygen atoms in total. The van der Waals surface area contributed by atoms with Crippen LogP contribution in [0.1, 0.15) is 30.1 Å². The van der Waals surface area contributed by atoms with E-state index in [-0.39, 0.29) is 18.7 Å². The molecule has 0 radical (unpaired) electrons. The molecule has 2 N–H and O–H groups in total. The van der Waals surface area contributed by atoms with Crippen LogP contribution in [0.3, 0.4) is 0 Å². The lowest BCUT2D eigenvalue weighted by atomic mass is 10.0. The van der Waals surface area contributed by atoms with E-state index in [1.807, 2.05) is 41.1 Å². The van der Waals surface area contributed by atoms with Crippen LogP contribution in [0.25, 0.3) is 5.69 Å². The molecular formula is C19H21N3O. The van der Waals surface area contributed by atoms with Crippen LogP contribution in [0.2, 0.25) is 0 Å². The fourth-order valence-corrected chi connectivity index (χ4v) is 2.68. The number of imidazole rings is 1. The third-order valence-electron chi connectivity index (χ3n) is 4.03. The molecule has 2 atom stereocenters. The van der Waals surface area contributed by atoms with Crippen molar-refractivity contribution in [2.24, 2.45) is 0 Å². The van der Waals surface area contributed by atoms with Crippen molar-refractivity contribution in [2.75, 3.05) is 6.61 Å². The van der Waals surface area contributed by atoms with Gasteiger partial charge in [-0.15, -0.1) is 0 Å². The fraction of sp³-hybridized carbons (Fsp3) is 0.211. The molecule has 0 saturated heterocycles. The summed E-state index contributed by atoms with van der Waals surface area (Å²) in [7, 11) is 0. The zero-order valence-electron chi connectivity index (χ0n) is 13.1. The minimum atomic E-state index is -0.0699. The van der Waals surface area contributed by atoms with Crippen molar-refractivity contribution in [3.8, 4) is 5.69 Å². The highest BCUT2D eigenvalue weighted by molar-refractivity contribution is 5.35. The fourth-order valence-electron chi connectivity index (χ4n) is 2.68. The Labute approximate surface area is 136 Å². The molecule has 2 unspecified atom stereocenters. The molecule has 2 aromatic carbocycles. The van der Waals surface area contributed by atoms with E-state index in [9.17, 15) is 5.11 Å². The zero-order valence-corrected chi connectivity index (χ0v) is 13.1. The summed E-state index contributed by atoms with van der Waals surface area (Å²) in [5.41, 5.74) is 3.36. The number of hydrogen-bond donors (Lipinski definition) is 2. The average Bonchev–Trinajstić information content (AvgIpc) is 3.15. The van der Waals surface area contributed by atoms with Gasteiger partial charge in [-0.3, -0.25) is 0 Å². The smallest absolute Gasteiger partial charge is 0.0991 e. The third kappa shape index (κ3) is 3.67. The van der Waals surface area contributed by atoms with Gasteiger partial charge in [0.15, 0.2) is 0 Å². The first-order valence-electron chi connectivity index (χ1n) is 7.78. The molecule has 0 aliphatic heterocycles. The zero-order chi connectivity index (χ0) is 16.1. The van der Waals surface area contributed by atoms with Gasteiger partial charge in [0, 0.05) is 24.1 Å². The van der Waals surface area contributed by atoms with E-state index in [1.165, 1.54) is 5.56 Å². The van der Waals surface area contributed by atoms with Crippen LogP contribution in [0, 0.1) is 0 Å². The van der Waals surface area contributed by atoms with Crippen molar-refractivity contribution in [2.45, 2.75) is 19.0 Å². The van der Waals surface area contributed by atoms with Crippen LogP contribution in [-0.2, 0) is 0 Å². The minimum Gasteiger partial charge on any atom is -0.394 e. The van der Waals surface area contributed by atoms with Gasteiger partial charge in [-0.25, -0.2) is 4.98 Å². The molecule has 3 aromatic rings. The van der Waals surface area contributed by atoms with Gasteiger partial charge in [0.1, 0.15) is 0 Å². The number of benzene rings is 2. The van der Waals surface area contributed by atoms with Gasteiger partial charge in [-0.05, 0) is 30.2 Å². The number of hydrogen-bond acceptors (Lipinski definition) is 3. The highest BCUT2D eigenvalue weighted by Gasteiger charge is 2.14. The van der Waals surface area contributed by atoms with Crippen LogP contribution in [0.4, 0.5) is 0 Å². The largest absolute Gasteiger partial charge is 0.394 e. The lowest BCUT2D eigenvalue weighted by Crippen LogP contribution is -2.27. The normalized spacial score (nSPS) is 13.7. The number of aliphatic hydroxyl groups excluding tert-OH is 1. The topological polar surface area (TPSA) is 50.1 Å². The average molecular weight is 307 g/mol. The third-order valence-corrected chi connectivity index (χ3v) is 4.03. The Hall–Kier alpha value is -2.43. The molecule has 0 bridgehead atoms. The van der Waals surface area contributed by atoms with E-state index >= 15 is 0 Å². The Kier molecular flexibility index (Phi) is 4.86. The number of aliphatic hydroxyl groups is 1. The first-order valence-corrected chi connectivity index (χ1v) is 7.78. The van der Waals surface area contributed by atoms with Crippen molar-refractivity contribution in [1.29, 1.82) is 0 Å². The Balaban J connectivity index is 1.71. The number of nitrogens with zero attached hydrogens (tertiary/aromatic N) is 2. The highest BCUT2D eigenvalue weighted by Crippen LogP contribution is 2.20. The molecule has 0 aliphatic rings. The number of aromatic nitrogens is 2. The summed E-state index contributed by atoms with van der Waals surface area (Å²) in [6, 6.07) is 18.5. The second-order valence-corrected chi connectivity index (χ2v) is 5.60. The second kappa shape index (κ2) is 7.22. The lowest BCUT2D eigenvalue weighted by Gasteiger charge is -2.22. The molecule has 0 aliphatic carbocycles. The standard InChI is InChI=1S/C19H21N3O/c1-15(21-19(13-23)17-5-3-2-4-6-17)16-7-9-18(10-8-16)22-12-11-20-14-22/h2-12,14-15,19,21,23H,13H2,1H3. The molecule has 0 saturated carbocycles. The van der Waals surface area contributed by atoms with Crippen LogP contribution >= 0.6 is 0 Å². The summed E-state index contributed by atoms with van der Waals surface area (Å²) < 4.78 is 1.97. The van der Waals surface area contributed by atoms with Gasteiger partial charge in [-0.2, -0.15) is 0 Å². The number of nitrogens with one attached hydrogen (secondary N) is 1. The molecule has 0 spiro atoms. The van der Waals surface area contributed by atoms with Crippen LogP contribution < -0.4 is 5.32 Å². The van der Waals surface area contributed by atoms with E-state index in [0.29, 0.717) is 0 Å². The van der Waals surface area contributed by atoms with Crippen LogP contribution in [0.15, 0.2) is 73.3 Å². The SMILES string of the molecule is CC(NC(CO)c1ccccc1)c1ccc(-n2ccnc2)cc1. The monoisotopic (exact) mass is 307 g/mol. The quantitative estimate of drug-likeness (QED) is 0.735. The van der Waals surface area contributed by atoms with E-state index in [0.717, 1.165) is 11.3 Å². The summed E-state index contributed by atoms with van der Waals surface area (Å²) in [6.07, 6.45) is 5.48. The van der Waals surface area contributed by atoms with Crippen molar-refractivity contribution in [3.05, 3.63) is 84.4 Å². The van der Waals surface area contributed by atoms with Crippen molar-refractivity contribution >= 4 is 0 Å². The van der Waals surface area contributed by atoms with Gasteiger partial charge in [0.25, 0.3) is 0 Å². The highest BCUT2D eigenvalue weighted by atomic mass is 16.3. The Morgan fingerprint density at radius 1 is 1.04 bits per heavy atom. The Morgan fingerprint density at radius 3 is 2.39 bits per heavy atom. The van der Waals surface area contributed by atoms with Gasteiger partial charge in [-0.1, -0.05) is 42.5 Å². The minimum absolute atomic E-state index is 0.0699. The summed E-state index contributed by atoms with van der Waals surface area (Å²) in [5.74, 6) is 0. The molecule has 3 rings (SSSR count). The summed E-state index contributed by atoms with van der Waals surface area (Å²) in [6.45, 7) is 2.18. The van der Waals surface area contributed by atoms with Crippen LogP contribution in [-0.4, -0.2) is 21.3 Å². The van der Waals surface area contributed by atoms with Crippen molar-refractivity contribution in [3.63, 3.8) is 0 Å². The van der Waals surface area contributed by atoms with E-state index in [4.69, 9.17) is 0 Å². The predicted molar refractivity (Wildman–Crippen MR) is 91.4 cm³/mol. The second-order valence-electron chi connectivity index (χ2n) is 5.60. The maximum Gasteiger partial charge on any atom is 0.0991 e. The molecule has 118 valence electrons. The summed E-state index contributed by atoms with van der Waals surface area (Å²) in [5, 5.41) is 13.2. The van der Waals surface area contributed by atoms with Crippen molar-refractivity contribution in [1.82, 2.24) is 14.9 Å². The molecule has 0 amide bonds. The van der Waals surface area contributed by atoms with Gasteiger partial charge in [0.2, 0.25) is 0 Å². The van der Waals surface area contributed by atoms with Gasteiger partial charge < -0.3 is 15.0 Å². The maximum absolute atomic E-state index is 9.67. The first-order chi connectivity index (χ1) is 11.3. The van der Waals surface area contributed by atoms with Crippen LogP contribution in [0.5, 0.6) is 0 Å². The molecular weight excluding hydrogens is 286 g/mol. The van der Waals surface area contributed by atoms with Gasteiger partial charge in [0.05, 0.1) is 19.0 Å². The summed E-state index contributed by atoms with van der Waals surface area (Å²) >= 11 is 0. The molecule has 1 aromatic heterocycles. The molecule has 0 fully saturated rings. The Morgan fingerprint density at radius 2 is 1.78 bits per heavy atom. The maximum atomic E-state index is 9.67. The van der Waals surface area contributed by atoms with E-state index in [1.54, 1.807) is 12.5 Å². The number of rotatable bonds is 6. The predicted octanol–water partition coefficient (Wildman–Crippen LogP) is 3.26. The lowest BCUT2D eigenvalue weighted by molar-refractivity contribution is 0.235. The molecule has 1 heterocycles. The van der Waals surface area contributed by atoms with E-state index < -0.39 is 0 Å². The molecule has 23 heavy (non-hydrogen) atoms. The van der Waals surface area contributed by atoms with E-state index in [2.05, 4.69) is 41.5 Å². The Bertz CT molecular complexity index is 708. The van der Waals surface area contributed by atoms with Gasteiger partial charge >= 0.3 is 0 Å².